The maximum atomic E-state index is 11.4. The molecular weight excluding hydrogens is 270 g/mol. The van der Waals surface area contributed by atoms with Gasteiger partial charge in [0.05, 0.1) is 0 Å². The number of aliphatic hydroxyl groups is 4. The van der Waals surface area contributed by atoms with Gasteiger partial charge in [-0.15, -0.1) is 0 Å². The van der Waals surface area contributed by atoms with Gasteiger partial charge in [-0.3, -0.25) is 9.59 Å². The van der Waals surface area contributed by atoms with Crippen molar-refractivity contribution in [3.05, 3.63) is 0 Å². The average molecular weight is 293 g/mol. The van der Waals surface area contributed by atoms with Gasteiger partial charge < -0.3 is 36.8 Å². The van der Waals surface area contributed by atoms with Gasteiger partial charge in [-0.2, -0.15) is 0 Å². The summed E-state index contributed by atoms with van der Waals surface area (Å²) in [7, 11) is 0. The maximum absolute atomic E-state index is 11.4. The molecule has 0 rings (SSSR count). The number of amides is 2. The molecular formula is C11H23N3O6. The van der Waals surface area contributed by atoms with E-state index in [0.29, 0.717) is 6.42 Å². The summed E-state index contributed by atoms with van der Waals surface area (Å²) >= 11 is 0. The van der Waals surface area contributed by atoms with Crippen molar-refractivity contribution in [1.82, 2.24) is 10.6 Å². The van der Waals surface area contributed by atoms with E-state index in [1.54, 1.807) is 6.92 Å². The summed E-state index contributed by atoms with van der Waals surface area (Å²) in [6.45, 7) is 2.30. The third-order valence-corrected chi connectivity index (χ3v) is 2.53. The topological polar surface area (TPSA) is 165 Å². The van der Waals surface area contributed by atoms with Crippen LogP contribution in [0.5, 0.6) is 0 Å². The van der Waals surface area contributed by atoms with E-state index >= 15 is 0 Å². The number of nitrogens with two attached hydrogens (primary N) is 1. The number of hydrogen-bond donors (Lipinski definition) is 7. The van der Waals surface area contributed by atoms with Crippen molar-refractivity contribution in [2.45, 2.75) is 37.8 Å². The van der Waals surface area contributed by atoms with E-state index in [-0.39, 0.29) is 19.6 Å². The summed E-state index contributed by atoms with van der Waals surface area (Å²) in [5.74, 6) is -1.85. The summed E-state index contributed by atoms with van der Waals surface area (Å²) in [5.41, 5.74) is 5.15. The Labute approximate surface area is 116 Å². The predicted octanol–water partition coefficient (Wildman–Crippen LogP) is -3.97. The molecule has 20 heavy (non-hydrogen) atoms. The number of carbonyl (C=O) groups is 2. The molecule has 8 N–H and O–H groups in total. The first-order valence-corrected chi connectivity index (χ1v) is 6.34. The van der Waals surface area contributed by atoms with Crippen molar-refractivity contribution in [1.29, 1.82) is 0 Å². The van der Waals surface area contributed by atoms with Crippen LogP contribution in [-0.4, -0.2) is 76.3 Å². The van der Waals surface area contributed by atoms with E-state index in [9.17, 15) is 30.0 Å². The molecule has 118 valence electrons. The van der Waals surface area contributed by atoms with Crippen LogP contribution in [0.3, 0.4) is 0 Å². The molecule has 0 saturated heterocycles. The highest BCUT2D eigenvalue weighted by atomic mass is 16.4. The Hall–Kier alpha value is -1.26. The van der Waals surface area contributed by atoms with E-state index in [1.165, 1.54) is 0 Å². The second kappa shape index (κ2) is 9.61. The molecule has 4 atom stereocenters. The summed E-state index contributed by atoms with van der Waals surface area (Å²) in [6, 6.07) is 0. The number of aliphatic hydroxyl groups excluding tert-OH is 4. The monoisotopic (exact) mass is 293 g/mol. The first-order chi connectivity index (χ1) is 9.36. The van der Waals surface area contributed by atoms with E-state index in [1.807, 2.05) is 0 Å². The molecule has 0 aromatic heterocycles. The Bertz CT molecular complexity index is 285. The Balaban J connectivity index is 4.46. The third-order valence-electron chi connectivity index (χ3n) is 2.53. The van der Waals surface area contributed by atoms with Gasteiger partial charge in [0, 0.05) is 19.6 Å². The van der Waals surface area contributed by atoms with Crippen LogP contribution < -0.4 is 16.4 Å². The van der Waals surface area contributed by atoms with Crippen LogP contribution in [0.15, 0.2) is 0 Å². The zero-order valence-electron chi connectivity index (χ0n) is 11.3. The number of hydrogen-bond acceptors (Lipinski definition) is 7. The van der Waals surface area contributed by atoms with E-state index in [2.05, 4.69) is 10.6 Å². The van der Waals surface area contributed by atoms with Gasteiger partial charge in [-0.25, -0.2) is 0 Å². The maximum Gasteiger partial charge on any atom is 0.251 e. The molecule has 9 nitrogen and oxygen atoms in total. The fourth-order valence-electron chi connectivity index (χ4n) is 1.34. The summed E-state index contributed by atoms with van der Waals surface area (Å²) in [4.78, 5) is 22.7. The molecule has 0 fully saturated rings. The highest BCUT2D eigenvalue weighted by Gasteiger charge is 2.37. The molecule has 0 aliphatic rings. The molecule has 0 heterocycles. The van der Waals surface area contributed by atoms with Crippen LogP contribution in [0.2, 0.25) is 0 Å². The smallest absolute Gasteiger partial charge is 0.251 e. The third kappa shape index (κ3) is 5.80. The van der Waals surface area contributed by atoms with Crippen molar-refractivity contribution in [3.63, 3.8) is 0 Å². The average Bonchev–Trinajstić information content (AvgIpc) is 2.46. The first kappa shape index (κ1) is 18.7. The lowest BCUT2D eigenvalue weighted by atomic mass is 10.0. The summed E-state index contributed by atoms with van der Waals surface area (Å²) in [5, 5.41) is 42.6. The van der Waals surface area contributed by atoms with Crippen LogP contribution in [-0.2, 0) is 9.59 Å². The molecule has 0 spiro atoms. The summed E-state index contributed by atoms with van der Waals surface area (Å²) in [6.07, 6.45) is -7.30. The minimum Gasteiger partial charge on any atom is -0.387 e. The normalized spacial score (nSPS) is 16.9. The highest BCUT2D eigenvalue weighted by Crippen LogP contribution is 2.06. The van der Waals surface area contributed by atoms with Crippen molar-refractivity contribution >= 4 is 11.8 Å². The Morgan fingerprint density at radius 2 is 1.35 bits per heavy atom. The van der Waals surface area contributed by atoms with Gasteiger partial charge in [0.15, 0.2) is 12.2 Å². The van der Waals surface area contributed by atoms with Crippen LogP contribution in [0, 0.1) is 0 Å². The lowest BCUT2D eigenvalue weighted by molar-refractivity contribution is -0.155. The zero-order chi connectivity index (χ0) is 15.7. The van der Waals surface area contributed by atoms with Crippen LogP contribution in [0.1, 0.15) is 13.3 Å². The molecule has 2 amide bonds. The van der Waals surface area contributed by atoms with Gasteiger partial charge >= 0.3 is 0 Å². The van der Waals surface area contributed by atoms with Crippen LogP contribution >= 0.6 is 0 Å². The molecule has 0 bridgehead atoms. The minimum absolute atomic E-state index is 0.0816. The van der Waals surface area contributed by atoms with Crippen LogP contribution in [0.25, 0.3) is 0 Å². The Kier molecular flexibility index (Phi) is 9.01. The molecule has 0 aromatic carbocycles. The van der Waals surface area contributed by atoms with E-state index in [0.717, 1.165) is 0 Å². The fourth-order valence-corrected chi connectivity index (χ4v) is 1.34. The van der Waals surface area contributed by atoms with E-state index in [4.69, 9.17) is 5.73 Å². The number of rotatable bonds is 9. The zero-order valence-corrected chi connectivity index (χ0v) is 11.3. The lowest BCUT2D eigenvalue weighted by Crippen LogP contribution is -2.54. The van der Waals surface area contributed by atoms with Gasteiger partial charge in [-0.05, 0) is 6.42 Å². The quantitative estimate of drug-likeness (QED) is 0.228. The largest absolute Gasteiger partial charge is 0.387 e. The second-order valence-electron chi connectivity index (χ2n) is 4.24. The van der Waals surface area contributed by atoms with Crippen molar-refractivity contribution < 1.29 is 30.0 Å². The summed E-state index contributed by atoms with van der Waals surface area (Å²) < 4.78 is 0. The molecule has 4 unspecified atom stereocenters. The molecule has 0 radical (unpaired) electrons. The molecule has 0 saturated carbocycles. The van der Waals surface area contributed by atoms with E-state index < -0.39 is 36.2 Å². The van der Waals surface area contributed by atoms with Gasteiger partial charge in [-0.1, -0.05) is 6.92 Å². The Morgan fingerprint density at radius 1 is 0.950 bits per heavy atom. The molecule has 0 aliphatic heterocycles. The number of carbonyl (C=O) groups excluding carboxylic acids is 2. The molecule has 9 heteroatoms. The van der Waals surface area contributed by atoms with Crippen molar-refractivity contribution in [2.24, 2.45) is 5.73 Å². The highest BCUT2D eigenvalue weighted by molar-refractivity contribution is 5.83. The fraction of sp³-hybridized carbons (Fsp3) is 0.818. The lowest BCUT2D eigenvalue weighted by Gasteiger charge is -2.25. The SMILES string of the molecule is CCCNC(=O)C(O)C(O)C(O)C(O)C(=O)NCCN. The van der Waals surface area contributed by atoms with Crippen molar-refractivity contribution in [2.75, 3.05) is 19.6 Å². The molecule has 0 aromatic rings. The molecule has 0 aliphatic carbocycles. The van der Waals surface area contributed by atoms with Gasteiger partial charge in [0.1, 0.15) is 12.2 Å². The Morgan fingerprint density at radius 3 is 1.70 bits per heavy atom. The standard InChI is InChI=1S/C11H23N3O6/c1-2-4-13-10(19)8(17)6(15)7(16)9(18)11(20)14-5-3-12/h6-9,15-18H,2-5,12H2,1H3,(H,13,19)(H,14,20). The van der Waals surface area contributed by atoms with Crippen molar-refractivity contribution in [3.8, 4) is 0 Å². The van der Waals surface area contributed by atoms with Gasteiger partial charge in [0.25, 0.3) is 11.8 Å². The predicted molar refractivity (Wildman–Crippen MR) is 69.4 cm³/mol. The minimum atomic E-state index is -2.00. The van der Waals surface area contributed by atoms with Crippen LogP contribution in [0.4, 0.5) is 0 Å². The number of nitrogens with one attached hydrogen (secondary N) is 2. The second-order valence-corrected chi connectivity index (χ2v) is 4.24. The van der Waals surface area contributed by atoms with Gasteiger partial charge in [0.2, 0.25) is 0 Å². The first-order valence-electron chi connectivity index (χ1n) is 6.34.